The number of aliphatic imine (C=N–C) groups is 1. The number of hydrogen-bond donors (Lipinski definition) is 3. The van der Waals surface area contributed by atoms with Crippen LogP contribution in [0, 0.1) is 0 Å². The Hall–Kier alpha value is -3.39. The van der Waals surface area contributed by atoms with Gasteiger partial charge in [-0.15, -0.1) is 0 Å². The second kappa shape index (κ2) is 10.6. The largest absolute Gasteiger partial charge is 0.502 e. The molecular weight excluding hydrogens is 418 g/mol. The Morgan fingerprint density at radius 2 is 1.84 bits per heavy atom. The van der Waals surface area contributed by atoms with Crippen molar-refractivity contribution in [3.63, 3.8) is 0 Å². The minimum Gasteiger partial charge on any atom is -0.502 e. The van der Waals surface area contributed by atoms with E-state index in [1.54, 1.807) is 25.4 Å². The zero-order chi connectivity index (χ0) is 22.2. The van der Waals surface area contributed by atoms with Crippen molar-refractivity contribution in [2.45, 2.75) is 12.6 Å². The van der Waals surface area contributed by atoms with E-state index in [-0.39, 0.29) is 11.8 Å². The molecule has 0 aliphatic heterocycles. The summed E-state index contributed by atoms with van der Waals surface area (Å²) < 4.78 is 12.3. The Labute approximate surface area is 186 Å². The molecule has 1 unspecified atom stereocenters. The van der Waals surface area contributed by atoms with E-state index in [2.05, 4.69) is 20.7 Å². The molecule has 0 saturated carbocycles. The van der Waals surface area contributed by atoms with Crippen molar-refractivity contribution in [2.24, 2.45) is 4.99 Å². The molecular formula is C22H26ClN5O3. The van der Waals surface area contributed by atoms with Crippen LogP contribution in [0.4, 0.5) is 0 Å². The number of phenolic OH excluding ortho intramolecular Hbond substituents is 1. The number of aromatic hydroxyl groups is 1. The van der Waals surface area contributed by atoms with Gasteiger partial charge in [0.15, 0.2) is 17.5 Å². The lowest BCUT2D eigenvalue weighted by Gasteiger charge is -2.21. The number of rotatable bonds is 8. The molecule has 164 valence electrons. The van der Waals surface area contributed by atoms with Crippen molar-refractivity contribution in [3.05, 3.63) is 71.0 Å². The number of hydrogen-bond acceptors (Lipinski definition) is 5. The van der Waals surface area contributed by atoms with Gasteiger partial charge in [-0.2, -0.15) is 5.10 Å². The van der Waals surface area contributed by atoms with Crippen LogP contribution in [0.25, 0.3) is 0 Å². The number of nitrogens with one attached hydrogen (secondary N) is 2. The molecule has 1 heterocycles. The Kier molecular flexibility index (Phi) is 7.61. The minimum absolute atomic E-state index is 0.0266. The van der Waals surface area contributed by atoms with E-state index in [0.29, 0.717) is 35.6 Å². The molecule has 8 nitrogen and oxygen atoms in total. The minimum atomic E-state index is -0.0420. The third-order valence-corrected chi connectivity index (χ3v) is 5.04. The maximum Gasteiger partial charge on any atom is 0.200 e. The number of phenols is 1. The standard InChI is InChI=1S/C22H26ClN5O3/c1-24-22(25-13-15-11-19(30-2)21(29)20(12-15)31-3)26-14-18(28-10-4-9-27-28)16-5-7-17(23)8-6-16/h4-12,18,29H,13-14H2,1-3H3,(H2,24,25,26). The number of aromatic nitrogens is 2. The van der Waals surface area contributed by atoms with E-state index in [1.165, 1.54) is 14.2 Å². The highest BCUT2D eigenvalue weighted by atomic mass is 35.5. The van der Waals surface area contributed by atoms with Gasteiger partial charge in [-0.05, 0) is 41.5 Å². The average Bonchev–Trinajstić information content (AvgIpc) is 3.32. The van der Waals surface area contributed by atoms with Crippen molar-refractivity contribution in [3.8, 4) is 17.2 Å². The third-order valence-electron chi connectivity index (χ3n) is 4.78. The van der Waals surface area contributed by atoms with Gasteiger partial charge in [0.25, 0.3) is 0 Å². The van der Waals surface area contributed by atoms with E-state index < -0.39 is 0 Å². The van der Waals surface area contributed by atoms with Gasteiger partial charge < -0.3 is 25.2 Å². The first-order valence-corrected chi connectivity index (χ1v) is 10.1. The monoisotopic (exact) mass is 443 g/mol. The zero-order valence-corrected chi connectivity index (χ0v) is 18.4. The van der Waals surface area contributed by atoms with Crippen LogP contribution in [0.15, 0.2) is 59.9 Å². The molecule has 0 bridgehead atoms. The summed E-state index contributed by atoms with van der Waals surface area (Å²) in [5.41, 5.74) is 1.94. The summed E-state index contributed by atoms with van der Waals surface area (Å²) in [5, 5.41) is 21.8. The number of methoxy groups -OCH3 is 2. The molecule has 3 aromatic rings. The molecule has 3 rings (SSSR count). The molecule has 0 aliphatic rings. The van der Waals surface area contributed by atoms with E-state index in [4.69, 9.17) is 21.1 Å². The molecule has 31 heavy (non-hydrogen) atoms. The van der Waals surface area contributed by atoms with Gasteiger partial charge in [-0.3, -0.25) is 9.67 Å². The highest BCUT2D eigenvalue weighted by Crippen LogP contribution is 2.37. The van der Waals surface area contributed by atoms with Crippen molar-refractivity contribution in [1.82, 2.24) is 20.4 Å². The summed E-state index contributed by atoms with van der Waals surface area (Å²) in [6, 6.07) is 13.1. The Bertz CT molecular complexity index is 981. The van der Waals surface area contributed by atoms with Crippen LogP contribution < -0.4 is 20.1 Å². The van der Waals surface area contributed by atoms with Crippen LogP contribution in [0.5, 0.6) is 17.2 Å². The van der Waals surface area contributed by atoms with Crippen molar-refractivity contribution < 1.29 is 14.6 Å². The van der Waals surface area contributed by atoms with E-state index in [1.807, 2.05) is 41.2 Å². The van der Waals surface area contributed by atoms with E-state index in [0.717, 1.165) is 11.1 Å². The maximum absolute atomic E-state index is 10.1. The van der Waals surface area contributed by atoms with Gasteiger partial charge in [-0.25, -0.2) is 0 Å². The first-order valence-electron chi connectivity index (χ1n) is 9.68. The highest BCUT2D eigenvalue weighted by Gasteiger charge is 2.15. The molecule has 1 atom stereocenters. The molecule has 9 heteroatoms. The van der Waals surface area contributed by atoms with E-state index in [9.17, 15) is 5.11 Å². The molecule has 2 aromatic carbocycles. The smallest absolute Gasteiger partial charge is 0.200 e. The lowest BCUT2D eigenvalue weighted by atomic mass is 10.1. The number of nitrogens with zero attached hydrogens (tertiary/aromatic N) is 3. The Balaban J connectivity index is 1.68. The Morgan fingerprint density at radius 3 is 2.39 bits per heavy atom. The average molecular weight is 444 g/mol. The molecule has 0 aliphatic carbocycles. The second-order valence-electron chi connectivity index (χ2n) is 6.71. The summed E-state index contributed by atoms with van der Waals surface area (Å²) in [5.74, 6) is 1.29. The van der Waals surface area contributed by atoms with Gasteiger partial charge >= 0.3 is 0 Å². The van der Waals surface area contributed by atoms with Gasteiger partial charge in [0, 0.05) is 37.6 Å². The predicted octanol–water partition coefficient (Wildman–Crippen LogP) is 3.21. The van der Waals surface area contributed by atoms with E-state index >= 15 is 0 Å². The lowest BCUT2D eigenvalue weighted by molar-refractivity contribution is 0.339. The van der Waals surface area contributed by atoms with Crippen LogP contribution in [-0.2, 0) is 6.54 Å². The van der Waals surface area contributed by atoms with Gasteiger partial charge in [0.1, 0.15) is 0 Å². The first-order chi connectivity index (χ1) is 15.0. The fraction of sp³-hybridized carbons (Fsp3) is 0.273. The third kappa shape index (κ3) is 5.61. The number of guanidine groups is 1. The molecule has 0 saturated heterocycles. The number of benzene rings is 2. The summed E-state index contributed by atoms with van der Waals surface area (Å²) in [6.07, 6.45) is 3.67. The SMILES string of the molecule is CN=C(NCc1cc(OC)c(O)c(OC)c1)NCC(c1ccc(Cl)cc1)n1cccn1. The van der Waals surface area contributed by atoms with Gasteiger partial charge in [0.2, 0.25) is 5.75 Å². The predicted molar refractivity (Wildman–Crippen MR) is 121 cm³/mol. The van der Waals surface area contributed by atoms with Gasteiger partial charge in [0.05, 0.1) is 20.3 Å². The summed E-state index contributed by atoms with van der Waals surface area (Å²) in [4.78, 5) is 4.30. The first kappa shape index (κ1) is 22.3. The molecule has 3 N–H and O–H groups in total. The summed E-state index contributed by atoms with van der Waals surface area (Å²) in [6.45, 7) is 1.02. The van der Waals surface area contributed by atoms with Crippen LogP contribution in [0.1, 0.15) is 17.2 Å². The lowest BCUT2D eigenvalue weighted by Crippen LogP contribution is -2.40. The molecule has 0 spiro atoms. The van der Waals surface area contributed by atoms with Crippen LogP contribution in [0.3, 0.4) is 0 Å². The molecule has 0 amide bonds. The molecule has 0 fully saturated rings. The van der Waals surface area contributed by atoms with Crippen LogP contribution >= 0.6 is 11.6 Å². The van der Waals surface area contributed by atoms with Crippen molar-refractivity contribution in [1.29, 1.82) is 0 Å². The summed E-state index contributed by atoms with van der Waals surface area (Å²) in [7, 11) is 4.70. The Morgan fingerprint density at radius 1 is 1.16 bits per heavy atom. The number of ether oxygens (including phenoxy) is 2. The fourth-order valence-corrected chi connectivity index (χ4v) is 3.29. The quantitative estimate of drug-likeness (QED) is 0.365. The molecule has 0 radical (unpaired) electrons. The zero-order valence-electron chi connectivity index (χ0n) is 17.7. The maximum atomic E-state index is 10.1. The highest BCUT2D eigenvalue weighted by molar-refractivity contribution is 6.30. The normalized spacial score (nSPS) is 12.3. The van der Waals surface area contributed by atoms with Crippen molar-refractivity contribution >= 4 is 17.6 Å². The second-order valence-corrected chi connectivity index (χ2v) is 7.15. The van der Waals surface area contributed by atoms with Crippen LogP contribution in [-0.4, -0.2) is 48.7 Å². The van der Waals surface area contributed by atoms with Gasteiger partial charge in [-0.1, -0.05) is 23.7 Å². The summed E-state index contributed by atoms with van der Waals surface area (Å²) >= 11 is 6.04. The van der Waals surface area contributed by atoms with Crippen LogP contribution in [0.2, 0.25) is 5.02 Å². The molecule has 1 aromatic heterocycles. The fourth-order valence-electron chi connectivity index (χ4n) is 3.16. The number of halogens is 1. The van der Waals surface area contributed by atoms with Crippen molar-refractivity contribution in [2.75, 3.05) is 27.8 Å². The topological polar surface area (TPSA) is 92.9 Å².